The molecule has 5 atom stereocenters. The normalized spacial score (nSPS) is 24.1. The van der Waals surface area contributed by atoms with Gasteiger partial charge in [-0.3, -0.25) is 19.2 Å². The molecule has 1 aliphatic heterocycles. The van der Waals surface area contributed by atoms with E-state index in [1.54, 1.807) is 13.8 Å². The van der Waals surface area contributed by atoms with Crippen molar-refractivity contribution in [3.63, 3.8) is 0 Å². The Labute approximate surface area is 216 Å². The molecule has 0 aromatic heterocycles. The van der Waals surface area contributed by atoms with Crippen LogP contribution >= 0.6 is 0 Å². The minimum absolute atomic E-state index is 0.00535. The number of unbranched alkanes of at least 4 members (excludes halogenated alkanes) is 2. The van der Waals surface area contributed by atoms with Crippen LogP contribution in [0.3, 0.4) is 0 Å². The van der Waals surface area contributed by atoms with Gasteiger partial charge in [-0.2, -0.15) is 0 Å². The van der Waals surface area contributed by atoms with Gasteiger partial charge in [0.05, 0.1) is 23.3 Å². The molecule has 1 fully saturated rings. The molecule has 37 heavy (non-hydrogen) atoms. The van der Waals surface area contributed by atoms with Gasteiger partial charge in [0.2, 0.25) is 6.41 Å². The lowest BCUT2D eigenvalue weighted by atomic mass is 9.84. The van der Waals surface area contributed by atoms with Gasteiger partial charge in [-0.1, -0.05) is 32.3 Å². The van der Waals surface area contributed by atoms with Crippen LogP contribution in [0.2, 0.25) is 0 Å². The number of cyclic esters (lactones) is 2. The van der Waals surface area contributed by atoms with Gasteiger partial charge in [-0.15, -0.1) is 0 Å². The van der Waals surface area contributed by atoms with Crippen LogP contribution < -0.4 is 10.6 Å². The minimum atomic E-state index is -1.43. The molecule has 3 N–H and O–H groups in total. The second-order valence-corrected chi connectivity index (χ2v) is 9.31. The van der Waals surface area contributed by atoms with Crippen molar-refractivity contribution < 1.29 is 43.3 Å². The summed E-state index contributed by atoms with van der Waals surface area (Å²) < 4.78 is 16.5. The monoisotopic (exact) mass is 520 g/mol. The van der Waals surface area contributed by atoms with E-state index in [9.17, 15) is 29.1 Å². The summed E-state index contributed by atoms with van der Waals surface area (Å²) in [6.07, 6.45) is 0.417. The van der Waals surface area contributed by atoms with Gasteiger partial charge in [0.15, 0.2) is 11.8 Å². The SMILES string of the molecule is CCCCCC1C(=O)OC(C)C(NC(=O)c2cccc(NC=O)c2O)C(=O)OC(C)C1C(=O)OC(C)C. The van der Waals surface area contributed by atoms with E-state index in [4.69, 9.17) is 14.2 Å². The highest BCUT2D eigenvalue weighted by molar-refractivity contribution is 6.01. The average molecular weight is 521 g/mol. The number of para-hydroxylation sites is 1. The lowest BCUT2D eigenvalue weighted by Crippen LogP contribution is -2.50. The van der Waals surface area contributed by atoms with Crippen LogP contribution in [0.25, 0.3) is 0 Å². The quantitative estimate of drug-likeness (QED) is 0.139. The third-order valence-corrected chi connectivity index (χ3v) is 6.09. The summed E-state index contributed by atoms with van der Waals surface area (Å²) in [6.45, 7) is 8.29. The van der Waals surface area contributed by atoms with Crippen molar-refractivity contribution in [1.82, 2.24) is 5.32 Å². The number of nitrogens with one attached hydrogen (secondary N) is 2. The molecule has 1 heterocycles. The molecule has 1 aromatic rings. The van der Waals surface area contributed by atoms with Crippen LogP contribution in [0, 0.1) is 11.8 Å². The Hall–Kier alpha value is -3.63. The maximum atomic E-state index is 13.3. The van der Waals surface area contributed by atoms with Crippen molar-refractivity contribution in [2.45, 2.75) is 84.7 Å². The van der Waals surface area contributed by atoms with Crippen molar-refractivity contribution in [3.05, 3.63) is 23.8 Å². The molecule has 11 nitrogen and oxygen atoms in total. The van der Waals surface area contributed by atoms with E-state index in [1.165, 1.54) is 32.0 Å². The Morgan fingerprint density at radius 2 is 1.78 bits per heavy atom. The Morgan fingerprint density at radius 1 is 1.11 bits per heavy atom. The first-order valence-electron chi connectivity index (χ1n) is 12.5. The highest BCUT2D eigenvalue weighted by Gasteiger charge is 2.46. The fourth-order valence-electron chi connectivity index (χ4n) is 4.21. The van der Waals surface area contributed by atoms with E-state index in [2.05, 4.69) is 10.6 Å². The van der Waals surface area contributed by atoms with E-state index >= 15 is 0 Å². The largest absolute Gasteiger partial charge is 0.505 e. The molecule has 1 aliphatic rings. The second kappa shape index (κ2) is 13.6. The predicted octanol–water partition coefficient (Wildman–Crippen LogP) is 2.70. The lowest BCUT2D eigenvalue weighted by Gasteiger charge is -2.28. The topological polar surface area (TPSA) is 157 Å². The highest BCUT2D eigenvalue weighted by atomic mass is 16.6. The van der Waals surface area contributed by atoms with Gasteiger partial charge in [-0.25, -0.2) is 4.79 Å². The van der Waals surface area contributed by atoms with Crippen LogP contribution in [-0.4, -0.2) is 59.7 Å². The summed E-state index contributed by atoms with van der Waals surface area (Å²) in [7, 11) is 0. The van der Waals surface area contributed by atoms with Crippen molar-refractivity contribution in [2.24, 2.45) is 11.8 Å². The van der Waals surface area contributed by atoms with Crippen LogP contribution in [0.1, 0.15) is 70.7 Å². The third kappa shape index (κ3) is 7.68. The number of phenolic OH excluding ortho intramolecular Hbond substituents is 1. The predicted molar refractivity (Wildman–Crippen MR) is 133 cm³/mol. The number of amides is 2. The van der Waals surface area contributed by atoms with E-state index < -0.39 is 65.8 Å². The number of carbonyl (C=O) groups excluding carboxylic acids is 5. The fourth-order valence-corrected chi connectivity index (χ4v) is 4.21. The molecule has 0 aliphatic carbocycles. The molecule has 1 aromatic carbocycles. The molecule has 0 spiro atoms. The van der Waals surface area contributed by atoms with Crippen LogP contribution in [0.4, 0.5) is 5.69 Å². The van der Waals surface area contributed by atoms with E-state index in [0.717, 1.165) is 12.8 Å². The summed E-state index contributed by atoms with van der Waals surface area (Å²) in [4.78, 5) is 63.1. The van der Waals surface area contributed by atoms with E-state index in [1.807, 2.05) is 6.92 Å². The van der Waals surface area contributed by atoms with Crippen LogP contribution in [-0.2, 0) is 33.4 Å². The van der Waals surface area contributed by atoms with Crippen LogP contribution in [0.15, 0.2) is 18.2 Å². The van der Waals surface area contributed by atoms with Gasteiger partial charge in [0, 0.05) is 0 Å². The maximum Gasteiger partial charge on any atom is 0.332 e. The fraction of sp³-hybridized carbons (Fsp3) is 0.577. The number of ether oxygens (including phenoxy) is 3. The molecule has 2 rings (SSSR count). The van der Waals surface area contributed by atoms with Crippen LogP contribution in [0.5, 0.6) is 5.75 Å². The number of aromatic hydroxyl groups is 1. The van der Waals surface area contributed by atoms with Gasteiger partial charge in [-0.05, 0) is 46.2 Å². The van der Waals surface area contributed by atoms with E-state index in [0.29, 0.717) is 19.3 Å². The number of hydrogen-bond acceptors (Lipinski definition) is 9. The first kappa shape index (κ1) is 29.6. The number of anilines is 1. The molecule has 0 bridgehead atoms. The van der Waals surface area contributed by atoms with Gasteiger partial charge in [0.1, 0.15) is 18.1 Å². The zero-order chi connectivity index (χ0) is 27.7. The molecular formula is C26H36N2O9. The summed E-state index contributed by atoms with van der Waals surface area (Å²) in [6, 6.07) is 2.68. The molecular weight excluding hydrogens is 484 g/mol. The Kier molecular flexibility index (Phi) is 10.9. The summed E-state index contributed by atoms with van der Waals surface area (Å²) in [5, 5.41) is 15.1. The molecule has 11 heteroatoms. The molecule has 2 amide bonds. The van der Waals surface area contributed by atoms with Crippen molar-refractivity contribution in [3.8, 4) is 5.75 Å². The molecule has 1 saturated heterocycles. The second-order valence-electron chi connectivity index (χ2n) is 9.31. The Morgan fingerprint density at radius 3 is 2.41 bits per heavy atom. The molecule has 5 unspecified atom stereocenters. The minimum Gasteiger partial charge on any atom is -0.505 e. The molecule has 204 valence electrons. The third-order valence-electron chi connectivity index (χ3n) is 6.09. The first-order chi connectivity index (χ1) is 17.5. The maximum absolute atomic E-state index is 13.3. The first-order valence-corrected chi connectivity index (χ1v) is 12.5. The summed E-state index contributed by atoms with van der Waals surface area (Å²) in [5.41, 5.74) is -0.226. The van der Waals surface area contributed by atoms with Crippen molar-refractivity contribution in [1.29, 1.82) is 0 Å². The number of carbonyl (C=O) groups is 5. The number of benzene rings is 1. The average Bonchev–Trinajstić information content (AvgIpc) is 2.84. The van der Waals surface area contributed by atoms with E-state index in [-0.39, 0.29) is 11.3 Å². The number of phenols is 1. The van der Waals surface area contributed by atoms with Crippen molar-refractivity contribution in [2.75, 3.05) is 5.32 Å². The lowest BCUT2D eigenvalue weighted by molar-refractivity contribution is -0.171. The van der Waals surface area contributed by atoms with Gasteiger partial charge < -0.3 is 30.0 Å². The highest BCUT2D eigenvalue weighted by Crippen LogP contribution is 2.31. The zero-order valence-electron chi connectivity index (χ0n) is 21.8. The summed E-state index contributed by atoms with van der Waals surface area (Å²) >= 11 is 0. The molecule has 0 radical (unpaired) electrons. The Bertz CT molecular complexity index is 994. The Balaban J connectivity index is 2.37. The van der Waals surface area contributed by atoms with Gasteiger partial charge >= 0.3 is 17.9 Å². The van der Waals surface area contributed by atoms with Gasteiger partial charge in [0.25, 0.3) is 5.91 Å². The van der Waals surface area contributed by atoms with Crippen molar-refractivity contribution >= 4 is 35.9 Å². The summed E-state index contributed by atoms with van der Waals surface area (Å²) in [5.74, 6) is -5.65. The standard InChI is InChI=1S/C26H36N2O9/c1-6-7-8-10-17-20(25(33)35-14(2)3)15(4)36-26(34)21(16(5)37-24(17)32)28-23(31)18-11-9-12-19(22(18)30)27-13-29/h9,11-17,20-21,30H,6-8,10H2,1-5H3,(H,27,29)(H,28,31). The molecule has 0 saturated carbocycles. The zero-order valence-corrected chi connectivity index (χ0v) is 21.8. The number of esters is 3. The number of hydrogen-bond donors (Lipinski definition) is 3. The number of rotatable bonds is 10. The smallest absolute Gasteiger partial charge is 0.332 e.